The van der Waals surface area contributed by atoms with E-state index in [1.807, 2.05) is 103 Å². The summed E-state index contributed by atoms with van der Waals surface area (Å²) in [5, 5.41) is 9.49. The van der Waals surface area contributed by atoms with Crippen LogP contribution in [-0.2, 0) is 19.2 Å². The molecule has 0 aliphatic carbocycles. The molecule has 0 unspecified atom stereocenters. The predicted molar refractivity (Wildman–Crippen MR) is 228 cm³/mol. The van der Waals surface area contributed by atoms with Gasteiger partial charge in [0, 0.05) is 68.5 Å². The Labute approximate surface area is 341 Å². The van der Waals surface area contributed by atoms with Crippen molar-refractivity contribution >= 4 is 58.3 Å². The highest BCUT2D eigenvalue weighted by Crippen LogP contribution is 2.30. The van der Waals surface area contributed by atoms with Crippen LogP contribution in [0.25, 0.3) is 22.3 Å². The van der Waals surface area contributed by atoms with Crippen LogP contribution in [0.5, 0.6) is 0 Å². The molecule has 0 spiro atoms. The van der Waals surface area contributed by atoms with Gasteiger partial charge in [-0.3, -0.25) is 24.1 Å². The minimum absolute atomic E-state index is 0.0472. The highest BCUT2D eigenvalue weighted by atomic mass is 16.2. The van der Waals surface area contributed by atoms with Crippen molar-refractivity contribution in [1.29, 1.82) is 0 Å². The van der Waals surface area contributed by atoms with Crippen LogP contribution in [0.3, 0.4) is 0 Å². The molecule has 6 heterocycles. The topological polar surface area (TPSA) is 188 Å². The summed E-state index contributed by atoms with van der Waals surface area (Å²) in [7, 11) is 0. The quantitative estimate of drug-likeness (QED) is 0.113. The number of amides is 4. The molecule has 2 aliphatic heterocycles. The van der Waals surface area contributed by atoms with Gasteiger partial charge >= 0.3 is 0 Å². The van der Waals surface area contributed by atoms with E-state index in [0.717, 1.165) is 39.4 Å². The number of hydrogen-bond donors (Lipinski definition) is 4. The van der Waals surface area contributed by atoms with E-state index >= 15 is 0 Å². The van der Waals surface area contributed by atoms with Gasteiger partial charge < -0.3 is 26.6 Å². The minimum Gasteiger partial charge on any atom is -0.368 e. The van der Waals surface area contributed by atoms with Gasteiger partial charge in [0.1, 0.15) is 29.3 Å². The maximum atomic E-state index is 12.7. The van der Waals surface area contributed by atoms with E-state index in [4.69, 9.17) is 5.73 Å². The third-order valence-electron chi connectivity index (χ3n) is 10.1. The van der Waals surface area contributed by atoms with Crippen LogP contribution >= 0.6 is 0 Å². The number of hydrogen-bond acceptors (Lipinski definition) is 10. The maximum absolute atomic E-state index is 12.7. The summed E-state index contributed by atoms with van der Waals surface area (Å²) in [5.74, 6) is 1.64. The first-order valence-electron chi connectivity index (χ1n) is 19.4. The number of benzene rings is 2. The summed E-state index contributed by atoms with van der Waals surface area (Å²) in [6.07, 6.45) is 8.83. The molecule has 2 aromatic carbocycles. The number of piperidine rings is 1. The molecule has 14 nitrogen and oxygen atoms in total. The van der Waals surface area contributed by atoms with Crippen molar-refractivity contribution in [3.8, 4) is 22.3 Å². The largest absolute Gasteiger partial charge is 0.368 e. The summed E-state index contributed by atoms with van der Waals surface area (Å²) >= 11 is 0. The average Bonchev–Trinajstić information content (AvgIpc) is 3.66. The molecule has 8 rings (SSSR count). The van der Waals surface area contributed by atoms with Gasteiger partial charge in [0.15, 0.2) is 0 Å². The van der Waals surface area contributed by atoms with Crippen molar-refractivity contribution in [3.05, 3.63) is 134 Å². The molecule has 6 aromatic rings. The Bertz CT molecular complexity index is 2420. The first-order valence-corrected chi connectivity index (χ1v) is 19.4. The van der Waals surface area contributed by atoms with Crippen molar-refractivity contribution in [1.82, 2.24) is 24.8 Å². The number of para-hydroxylation sites is 2. The van der Waals surface area contributed by atoms with Gasteiger partial charge in [-0.05, 0) is 114 Å². The molecule has 14 heteroatoms. The highest BCUT2D eigenvalue weighted by molar-refractivity contribution is 6.03. The third kappa shape index (κ3) is 10.3. The molecular formula is C45H44N10O4. The first kappa shape index (κ1) is 39.7. The molecule has 0 bridgehead atoms. The van der Waals surface area contributed by atoms with Gasteiger partial charge in [-0.25, -0.2) is 19.9 Å². The van der Waals surface area contributed by atoms with Crippen LogP contribution in [0, 0.1) is 5.92 Å². The summed E-state index contributed by atoms with van der Waals surface area (Å²) in [4.78, 5) is 68.6. The molecule has 59 heavy (non-hydrogen) atoms. The molecule has 0 radical (unpaired) electrons. The number of rotatable bonds is 10. The second-order valence-electron chi connectivity index (χ2n) is 14.2. The number of nitrogens with two attached hydrogens (primary N) is 1. The summed E-state index contributed by atoms with van der Waals surface area (Å²) in [5.41, 5.74) is 11.1. The van der Waals surface area contributed by atoms with Crippen LogP contribution in [-0.4, -0.2) is 67.6 Å². The number of nitrogens with one attached hydrogen (secondary N) is 3. The smallest absolute Gasteiger partial charge is 0.240 e. The van der Waals surface area contributed by atoms with E-state index < -0.39 is 11.9 Å². The lowest BCUT2D eigenvalue weighted by Gasteiger charge is -2.30. The lowest BCUT2D eigenvalue weighted by atomic mass is 9.96. The van der Waals surface area contributed by atoms with Crippen LogP contribution < -0.4 is 26.6 Å². The molecule has 0 saturated carbocycles. The van der Waals surface area contributed by atoms with Crippen molar-refractivity contribution < 1.29 is 19.2 Å². The Morgan fingerprint density at radius 3 is 1.61 bits per heavy atom. The Morgan fingerprint density at radius 2 is 1.10 bits per heavy atom. The van der Waals surface area contributed by atoms with Crippen molar-refractivity contribution in [2.24, 2.45) is 11.7 Å². The highest BCUT2D eigenvalue weighted by Gasteiger charge is 2.36. The first-order chi connectivity index (χ1) is 28.7. The van der Waals surface area contributed by atoms with Gasteiger partial charge in [0.2, 0.25) is 23.6 Å². The number of anilines is 6. The number of primary amides is 1. The third-order valence-corrected chi connectivity index (χ3v) is 10.1. The number of pyridine rings is 4. The normalized spacial score (nSPS) is 15.1. The van der Waals surface area contributed by atoms with Crippen LogP contribution in [0.4, 0.5) is 34.6 Å². The standard InChI is InChI=1S/C24H25N5O2.C21H19N5O2/c1-17(30)29-13-9-18(10-14-29)24(31)28-23-16-20(8-12-26-23)19-7-11-25-22(15-19)27-21-5-3-2-4-6-21;22-21(28)17-6-7-20(27)26(17)19-13-15(9-11-24-19)14-8-10-23-18(12-14)25-16-4-2-1-3-5-16/h2-8,11-12,15-16,18H,9-10,13-14H2,1H3,(H,25,27)(H,26,28,31);1-5,8-13,17H,6-7H2,(H2,22,28)(H,23,25)/t;17-/m.0/s1. The minimum atomic E-state index is -0.650. The van der Waals surface area contributed by atoms with Crippen molar-refractivity contribution in [2.75, 3.05) is 33.9 Å². The van der Waals surface area contributed by atoms with E-state index in [2.05, 4.69) is 35.9 Å². The van der Waals surface area contributed by atoms with Crippen LogP contribution in [0.15, 0.2) is 134 Å². The lowest BCUT2D eigenvalue weighted by Crippen LogP contribution is -2.42. The predicted octanol–water partition coefficient (Wildman–Crippen LogP) is 6.95. The number of likely N-dealkylation sites (tertiary alicyclic amines) is 1. The van der Waals surface area contributed by atoms with Gasteiger partial charge in [0.25, 0.3) is 0 Å². The monoisotopic (exact) mass is 788 g/mol. The summed E-state index contributed by atoms with van der Waals surface area (Å²) in [6, 6.07) is 34.1. The molecule has 2 fully saturated rings. The molecule has 5 N–H and O–H groups in total. The molecule has 2 saturated heterocycles. The van der Waals surface area contributed by atoms with Crippen molar-refractivity contribution in [3.63, 3.8) is 0 Å². The van der Waals surface area contributed by atoms with Crippen LogP contribution in [0.1, 0.15) is 32.6 Å². The van der Waals surface area contributed by atoms with E-state index in [1.165, 1.54) is 4.90 Å². The number of carbonyl (C=O) groups excluding carboxylic acids is 4. The Balaban J connectivity index is 0.000000180. The fourth-order valence-electron chi connectivity index (χ4n) is 7.03. The zero-order valence-corrected chi connectivity index (χ0v) is 32.5. The molecule has 298 valence electrons. The fourth-order valence-corrected chi connectivity index (χ4v) is 7.03. The Hall–Kier alpha value is -7.48. The molecule has 4 aromatic heterocycles. The van der Waals surface area contributed by atoms with Gasteiger partial charge in [-0.1, -0.05) is 36.4 Å². The second kappa shape index (κ2) is 18.6. The molecule has 1 atom stereocenters. The van der Waals surface area contributed by atoms with Crippen LogP contribution in [0.2, 0.25) is 0 Å². The van der Waals surface area contributed by atoms with Gasteiger partial charge in [0.05, 0.1) is 0 Å². The molecule has 4 amide bonds. The maximum Gasteiger partial charge on any atom is 0.240 e. The average molecular weight is 789 g/mol. The van der Waals surface area contributed by atoms with E-state index in [-0.39, 0.29) is 23.6 Å². The van der Waals surface area contributed by atoms with E-state index in [0.29, 0.717) is 56.2 Å². The Kier molecular flexibility index (Phi) is 12.6. The summed E-state index contributed by atoms with van der Waals surface area (Å²) < 4.78 is 0. The fraction of sp³-hybridized carbons (Fsp3) is 0.200. The number of aromatic nitrogens is 4. The van der Waals surface area contributed by atoms with Gasteiger partial charge in [-0.15, -0.1) is 0 Å². The number of nitrogens with zero attached hydrogens (tertiary/aromatic N) is 6. The zero-order valence-electron chi connectivity index (χ0n) is 32.5. The van der Waals surface area contributed by atoms with Gasteiger partial charge in [-0.2, -0.15) is 0 Å². The number of carbonyl (C=O) groups is 4. The Morgan fingerprint density at radius 1 is 0.627 bits per heavy atom. The zero-order chi connectivity index (χ0) is 41.1. The summed E-state index contributed by atoms with van der Waals surface area (Å²) in [6.45, 7) is 2.81. The van der Waals surface area contributed by atoms with Crippen molar-refractivity contribution in [2.45, 2.75) is 38.6 Å². The van der Waals surface area contributed by atoms with E-state index in [9.17, 15) is 19.2 Å². The molecular weight excluding hydrogens is 745 g/mol. The second-order valence-corrected chi connectivity index (χ2v) is 14.2. The SMILES string of the molecule is CC(=O)N1CCC(C(=O)Nc2cc(-c3ccnc(Nc4ccccc4)c3)ccn2)CC1.NC(=O)[C@@H]1CCC(=O)N1c1cc(-c2ccnc(Nc3ccccc3)c2)ccn1. The lowest BCUT2D eigenvalue weighted by molar-refractivity contribution is -0.132. The molecule has 2 aliphatic rings. The van der Waals surface area contributed by atoms with E-state index in [1.54, 1.807) is 42.7 Å².